The highest BCUT2D eigenvalue weighted by Crippen LogP contribution is 2.39. The number of nitroso groups, excluding NO2 is 1. The van der Waals surface area contributed by atoms with Crippen LogP contribution in [0.25, 0.3) is 10.9 Å². The number of carbonyl (C=O) groups is 1. The van der Waals surface area contributed by atoms with Crippen molar-refractivity contribution in [3.63, 3.8) is 0 Å². The van der Waals surface area contributed by atoms with Gasteiger partial charge in [0.05, 0.1) is 12.6 Å². The first-order valence-electron chi connectivity index (χ1n) is 6.42. The minimum absolute atomic E-state index is 0.0317. The van der Waals surface area contributed by atoms with Crippen LogP contribution in [-0.4, -0.2) is 22.8 Å². The van der Waals surface area contributed by atoms with Crippen LogP contribution in [0.3, 0.4) is 0 Å². The topological polar surface area (TPSA) is 80.9 Å². The van der Waals surface area contributed by atoms with Crippen molar-refractivity contribution >= 4 is 38.5 Å². The summed E-state index contributed by atoms with van der Waals surface area (Å²) >= 11 is 3.37. The van der Waals surface area contributed by atoms with E-state index in [9.17, 15) is 14.8 Å². The normalized spacial score (nSPS) is 10.8. The lowest BCUT2D eigenvalue weighted by Gasteiger charge is -2.07. The lowest BCUT2D eigenvalue weighted by atomic mass is 10.2. The number of halogens is 1. The Hall–Kier alpha value is -1.89. The predicted molar refractivity (Wildman–Crippen MR) is 82.9 cm³/mol. The lowest BCUT2D eigenvalue weighted by molar-refractivity contribution is -0.140. The number of rotatable bonds is 6. The van der Waals surface area contributed by atoms with Crippen LogP contribution in [-0.2, 0) is 21.4 Å². The summed E-state index contributed by atoms with van der Waals surface area (Å²) in [7, 11) is 1.33. The molecule has 112 valence electrons. The van der Waals surface area contributed by atoms with E-state index in [1.165, 1.54) is 7.11 Å². The summed E-state index contributed by atoms with van der Waals surface area (Å²) in [5.41, 5.74) is 1.78. The summed E-state index contributed by atoms with van der Waals surface area (Å²) in [4.78, 5) is 22.1. The summed E-state index contributed by atoms with van der Waals surface area (Å²) in [6.07, 6.45) is 0.748. The van der Waals surface area contributed by atoms with E-state index in [-0.39, 0.29) is 24.0 Å². The molecular weight excluding hydrogens is 340 g/mol. The Morgan fingerprint density at radius 2 is 2.24 bits per heavy atom. The van der Waals surface area contributed by atoms with Crippen molar-refractivity contribution in [3.05, 3.63) is 28.7 Å². The number of fused-ring (bicyclic) bond motifs is 1. The van der Waals surface area contributed by atoms with Gasteiger partial charge in [0.2, 0.25) is 5.88 Å². The van der Waals surface area contributed by atoms with Gasteiger partial charge >= 0.3 is 5.97 Å². The largest absolute Gasteiger partial charge is 0.493 e. The summed E-state index contributed by atoms with van der Waals surface area (Å²) in [5.74, 6) is -0.475. The van der Waals surface area contributed by atoms with Crippen LogP contribution in [0, 0.1) is 4.91 Å². The number of methoxy groups -OCH3 is 1. The second-order valence-electron chi connectivity index (χ2n) is 4.58. The molecule has 2 rings (SSSR count). The zero-order chi connectivity index (χ0) is 15.4. The van der Waals surface area contributed by atoms with Gasteiger partial charge in [-0.2, -0.15) is 0 Å². The highest BCUT2D eigenvalue weighted by molar-refractivity contribution is 9.08. The third-order valence-corrected chi connectivity index (χ3v) is 3.96. The van der Waals surface area contributed by atoms with Crippen molar-refractivity contribution in [1.82, 2.24) is 4.57 Å². The number of carbonyl (C=O) groups excluding carboxylic acids is 1. The Morgan fingerprint density at radius 1 is 1.48 bits per heavy atom. The van der Waals surface area contributed by atoms with Gasteiger partial charge in [0.25, 0.3) is 0 Å². The molecule has 0 saturated carbocycles. The zero-order valence-corrected chi connectivity index (χ0v) is 13.1. The first-order chi connectivity index (χ1) is 10.1. The number of hydrogen-bond acceptors (Lipinski definition) is 5. The molecule has 0 unspecified atom stereocenters. The van der Waals surface area contributed by atoms with Gasteiger partial charge in [-0.1, -0.05) is 28.1 Å². The number of aromatic nitrogens is 1. The Balaban J connectivity index is 2.38. The fraction of sp³-hybridized carbons (Fsp3) is 0.357. The Labute approximate surface area is 129 Å². The molecule has 1 aromatic heterocycles. The van der Waals surface area contributed by atoms with E-state index in [2.05, 4.69) is 25.8 Å². The smallest absolute Gasteiger partial charge is 0.305 e. The first-order valence-corrected chi connectivity index (χ1v) is 7.54. The number of alkyl halides is 1. The quantitative estimate of drug-likeness (QED) is 0.488. The highest BCUT2D eigenvalue weighted by atomic mass is 79.9. The minimum atomic E-state index is -0.305. The maximum Gasteiger partial charge on any atom is 0.305 e. The third kappa shape index (κ3) is 3.07. The second kappa shape index (κ2) is 6.71. The van der Waals surface area contributed by atoms with Crippen LogP contribution in [0.15, 0.2) is 23.4 Å². The molecular formula is C14H15BrN2O4. The standard InChI is InChI=1S/C14H15BrN2O4/c1-21-12(18)3-2-6-17-11-7-9(8-15)4-5-10(11)13(16-20)14(17)19/h4-5,7,19H,2-3,6,8H2,1H3. The Kier molecular flexibility index (Phi) is 4.95. The van der Waals surface area contributed by atoms with Crippen LogP contribution in [0.1, 0.15) is 18.4 Å². The van der Waals surface area contributed by atoms with Crippen molar-refractivity contribution in [2.24, 2.45) is 5.18 Å². The van der Waals surface area contributed by atoms with Gasteiger partial charge in [-0.3, -0.25) is 4.79 Å². The van der Waals surface area contributed by atoms with E-state index in [0.717, 1.165) is 11.1 Å². The van der Waals surface area contributed by atoms with E-state index in [1.54, 1.807) is 10.6 Å². The molecule has 0 aliphatic rings. The van der Waals surface area contributed by atoms with Crippen LogP contribution >= 0.6 is 15.9 Å². The van der Waals surface area contributed by atoms with Gasteiger partial charge < -0.3 is 14.4 Å². The van der Waals surface area contributed by atoms with Crippen LogP contribution in [0.5, 0.6) is 5.88 Å². The maximum atomic E-state index is 11.1. The van der Waals surface area contributed by atoms with Gasteiger partial charge in [0.15, 0.2) is 5.69 Å². The first kappa shape index (κ1) is 15.5. The van der Waals surface area contributed by atoms with Crippen LogP contribution in [0.4, 0.5) is 5.69 Å². The SMILES string of the molecule is COC(=O)CCCn1c(O)c(N=O)c2ccc(CBr)cc21. The Morgan fingerprint density at radius 3 is 2.86 bits per heavy atom. The molecule has 2 aromatic rings. The van der Waals surface area contributed by atoms with Crippen molar-refractivity contribution in [2.45, 2.75) is 24.7 Å². The molecule has 6 nitrogen and oxygen atoms in total. The zero-order valence-electron chi connectivity index (χ0n) is 11.5. The van der Waals surface area contributed by atoms with E-state index >= 15 is 0 Å². The van der Waals surface area contributed by atoms with E-state index in [0.29, 0.717) is 23.7 Å². The second-order valence-corrected chi connectivity index (χ2v) is 5.14. The number of ether oxygens (including phenoxy) is 1. The van der Waals surface area contributed by atoms with Crippen molar-refractivity contribution in [1.29, 1.82) is 0 Å². The highest BCUT2D eigenvalue weighted by Gasteiger charge is 2.17. The molecule has 0 radical (unpaired) electrons. The summed E-state index contributed by atoms with van der Waals surface area (Å²) in [6.45, 7) is 0.401. The minimum Gasteiger partial charge on any atom is -0.493 e. The number of aromatic hydroxyl groups is 1. The van der Waals surface area contributed by atoms with E-state index in [1.807, 2.05) is 12.1 Å². The molecule has 0 fully saturated rings. The molecule has 21 heavy (non-hydrogen) atoms. The van der Waals surface area contributed by atoms with Gasteiger partial charge in [-0.15, -0.1) is 4.91 Å². The molecule has 7 heteroatoms. The number of nitrogens with zero attached hydrogens (tertiary/aromatic N) is 2. The average molecular weight is 355 g/mol. The molecule has 0 bridgehead atoms. The molecule has 0 aliphatic carbocycles. The maximum absolute atomic E-state index is 11.1. The van der Waals surface area contributed by atoms with E-state index < -0.39 is 0 Å². The van der Waals surface area contributed by atoms with Gasteiger partial charge in [-0.25, -0.2) is 0 Å². The van der Waals surface area contributed by atoms with E-state index in [4.69, 9.17) is 0 Å². The number of aryl methyl sites for hydroxylation is 1. The van der Waals surface area contributed by atoms with Crippen molar-refractivity contribution < 1.29 is 14.6 Å². The van der Waals surface area contributed by atoms with Crippen molar-refractivity contribution in [2.75, 3.05) is 7.11 Å². The predicted octanol–water partition coefficient (Wildman–Crippen LogP) is 3.59. The number of hydrogen-bond donors (Lipinski definition) is 1. The molecule has 0 atom stereocenters. The molecule has 1 aromatic carbocycles. The Bertz CT molecular complexity index is 681. The van der Waals surface area contributed by atoms with Gasteiger partial charge in [0.1, 0.15) is 0 Å². The van der Waals surface area contributed by atoms with Crippen molar-refractivity contribution in [3.8, 4) is 5.88 Å². The fourth-order valence-corrected chi connectivity index (χ4v) is 2.59. The third-order valence-electron chi connectivity index (χ3n) is 3.31. The van der Waals surface area contributed by atoms with Gasteiger partial charge in [0, 0.05) is 23.7 Å². The summed E-state index contributed by atoms with van der Waals surface area (Å²) in [6, 6.07) is 5.51. The lowest BCUT2D eigenvalue weighted by Crippen LogP contribution is -2.04. The van der Waals surface area contributed by atoms with Crippen LogP contribution in [0.2, 0.25) is 0 Å². The molecule has 1 N–H and O–H groups in total. The number of benzene rings is 1. The van der Waals surface area contributed by atoms with Crippen LogP contribution < -0.4 is 0 Å². The fourth-order valence-electron chi connectivity index (χ4n) is 2.25. The molecule has 0 amide bonds. The van der Waals surface area contributed by atoms with Gasteiger partial charge in [-0.05, 0) is 23.2 Å². The average Bonchev–Trinajstić information content (AvgIpc) is 2.78. The molecule has 1 heterocycles. The number of esters is 1. The monoisotopic (exact) mass is 354 g/mol. The summed E-state index contributed by atoms with van der Waals surface area (Å²) < 4.78 is 6.18. The molecule has 0 spiro atoms. The molecule has 0 aliphatic heterocycles. The molecule has 0 saturated heterocycles. The summed E-state index contributed by atoms with van der Waals surface area (Å²) in [5, 5.41) is 14.3.